The van der Waals surface area contributed by atoms with Gasteiger partial charge in [0.05, 0.1) is 24.9 Å². The third kappa shape index (κ3) is 4.23. The van der Waals surface area contributed by atoms with Gasteiger partial charge in [-0.3, -0.25) is 0 Å². The Labute approximate surface area is 158 Å². The fourth-order valence-corrected chi connectivity index (χ4v) is 3.46. The number of hydrogen-bond donors (Lipinski definition) is 1. The predicted molar refractivity (Wildman–Crippen MR) is 107 cm³/mol. The van der Waals surface area contributed by atoms with Crippen molar-refractivity contribution in [3.8, 4) is 22.8 Å². The van der Waals surface area contributed by atoms with Crippen LogP contribution in [0.4, 0.5) is 0 Å². The van der Waals surface area contributed by atoms with Crippen LogP contribution in [0, 0.1) is 6.92 Å². The van der Waals surface area contributed by atoms with Crippen LogP contribution in [0.15, 0.2) is 47.8 Å². The summed E-state index contributed by atoms with van der Waals surface area (Å²) in [5, 5.41) is 6.70. The van der Waals surface area contributed by atoms with Crippen LogP contribution in [0.2, 0.25) is 0 Å². The van der Waals surface area contributed by atoms with Gasteiger partial charge >= 0.3 is 0 Å². The maximum absolute atomic E-state index is 5.51. The molecule has 0 fully saturated rings. The molecule has 4 nitrogen and oxygen atoms in total. The number of ether oxygens (including phenoxy) is 2. The highest BCUT2D eigenvalue weighted by Gasteiger charge is 2.11. The Balaban J connectivity index is 1.75. The molecule has 0 saturated heterocycles. The molecule has 26 heavy (non-hydrogen) atoms. The van der Waals surface area contributed by atoms with Gasteiger partial charge in [-0.15, -0.1) is 11.3 Å². The first-order valence-corrected chi connectivity index (χ1v) is 9.45. The van der Waals surface area contributed by atoms with Gasteiger partial charge in [-0.1, -0.05) is 18.2 Å². The van der Waals surface area contributed by atoms with Crippen molar-refractivity contribution in [2.45, 2.75) is 26.4 Å². The molecule has 1 N–H and O–H groups in total. The Morgan fingerprint density at radius 2 is 1.96 bits per heavy atom. The first kappa shape index (κ1) is 18.4. The summed E-state index contributed by atoms with van der Waals surface area (Å²) in [5.74, 6) is 1.72. The van der Waals surface area contributed by atoms with E-state index in [0.717, 1.165) is 34.3 Å². The molecule has 2 aromatic carbocycles. The Kier molecular flexibility index (Phi) is 5.91. The van der Waals surface area contributed by atoms with Crippen LogP contribution in [0.5, 0.6) is 11.5 Å². The number of hydrogen-bond acceptors (Lipinski definition) is 5. The second-order valence-electron chi connectivity index (χ2n) is 6.17. The summed E-state index contributed by atoms with van der Waals surface area (Å²) in [6.07, 6.45) is 0. The Bertz CT molecular complexity index is 876. The molecule has 0 spiro atoms. The molecule has 0 aliphatic heterocycles. The van der Waals surface area contributed by atoms with E-state index in [4.69, 9.17) is 9.47 Å². The molecule has 3 aromatic rings. The largest absolute Gasteiger partial charge is 0.497 e. The van der Waals surface area contributed by atoms with E-state index < -0.39 is 0 Å². The van der Waals surface area contributed by atoms with Crippen molar-refractivity contribution in [2.24, 2.45) is 0 Å². The van der Waals surface area contributed by atoms with Crippen molar-refractivity contribution in [1.29, 1.82) is 0 Å². The third-order valence-corrected chi connectivity index (χ3v) is 5.14. The van der Waals surface area contributed by atoms with Gasteiger partial charge in [0.25, 0.3) is 0 Å². The second kappa shape index (κ2) is 8.34. The summed E-state index contributed by atoms with van der Waals surface area (Å²) >= 11 is 1.65. The average Bonchev–Trinajstić information content (AvgIpc) is 3.12. The molecular weight excluding hydrogens is 344 g/mol. The summed E-state index contributed by atoms with van der Waals surface area (Å²) in [7, 11) is 3.39. The van der Waals surface area contributed by atoms with Gasteiger partial charge in [-0.05, 0) is 49.2 Å². The molecular formula is C21H24N2O2S. The van der Waals surface area contributed by atoms with Crippen LogP contribution in [-0.2, 0) is 6.54 Å². The molecule has 0 aliphatic rings. The number of nitrogens with zero attached hydrogens (tertiary/aromatic N) is 1. The lowest BCUT2D eigenvalue weighted by molar-refractivity contribution is 0.413. The fourth-order valence-electron chi connectivity index (χ4n) is 2.85. The van der Waals surface area contributed by atoms with Crippen LogP contribution in [0.1, 0.15) is 29.1 Å². The number of thiazole rings is 1. The predicted octanol–water partition coefficient (Wildman–Crippen LogP) is 4.99. The summed E-state index contributed by atoms with van der Waals surface area (Å²) < 4.78 is 10.8. The number of aromatic nitrogens is 1. The minimum absolute atomic E-state index is 0.220. The maximum atomic E-state index is 5.51. The summed E-state index contributed by atoms with van der Waals surface area (Å²) in [4.78, 5) is 4.60. The molecule has 1 aromatic heterocycles. The van der Waals surface area contributed by atoms with E-state index >= 15 is 0 Å². The number of nitrogens with one attached hydrogen (secondary N) is 1. The van der Waals surface area contributed by atoms with E-state index in [0.29, 0.717) is 0 Å². The highest BCUT2D eigenvalue weighted by Crippen LogP contribution is 2.31. The molecule has 3 rings (SSSR count). The van der Waals surface area contributed by atoms with E-state index in [9.17, 15) is 0 Å². The second-order valence-corrected chi connectivity index (χ2v) is 7.23. The average molecular weight is 369 g/mol. The van der Waals surface area contributed by atoms with Crippen molar-refractivity contribution >= 4 is 11.3 Å². The van der Waals surface area contributed by atoms with Crippen molar-refractivity contribution < 1.29 is 9.47 Å². The van der Waals surface area contributed by atoms with Gasteiger partial charge in [-0.25, -0.2) is 4.98 Å². The van der Waals surface area contributed by atoms with Crippen molar-refractivity contribution in [3.63, 3.8) is 0 Å². The highest BCUT2D eigenvalue weighted by molar-refractivity contribution is 7.09. The highest BCUT2D eigenvalue weighted by atomic mass is 32.1. The van der Waals surface area contributed by atoms with Crippen molar-refractivity contribution in [1.82, 2.24) is 10.3 Å². The van der Waals surface area contributed by atoms with Crippen molar-refractivity contribution in [2.75, 3.05) is 14.2 Å². The summed E-state index contributed by atoms with van der Waals surface area (Å²) in [6.45, 7) is 4.93. The van der Waals surface area contributed by atoms with Gasteiger partial charge in [0, 0.05) is 23.5 Å². The number of rotatable bonds is 7. The first-order chi connectivity index (χ1) is 12.6. The molecule has 136 valence electrons. The summed E-state index contributed by atoms with van der Waals surface area (Å²) in [6, 6.07) is 14.6. The number of benzene rings is 2. The zero-order chi connectivity index (χ0) is 18.5. The lowest BCUT2D eigenvalue weighted by atomic mass is 10.1. The zero-order valence-electron chi connectivity index (χ0n) is 15.6. The molecule has 0 amide bonds. The Morgan fingerprint density at radius 3 is 2.65 bits per heavy atom. The molecule has 1 unspecified atom stereocenters. The molecule has 0 aliphatic carbocycles. The smallest absolute Gasteiger partial charge is 0.128 e. The van der Waals surface area contributed by atoms with E-state index in [1.807, 2.05) is 25.1 Å². The van der Waals surface area contributed by atoms with Crippen LogP contribution >= 0.6 is 11.3 Å². The summed E-state index contributed by atoms with van der Waals surface area (Å²) in [5.41, 5.74) is 4.40. The number of methoxy groups -OCH3 is 2. The van der Waals surface area contributed by atoms with Crippen LogP contribution in [-0.4, -0.2) is 19.2 Å². The third-order valence-electron chi connectivity index (χ3n) is 4.37. The van der Waals surface area contributed by atoms with Gasteiger partial charge in [0.15, 0.2) is 0 Å². The van der Waals surface area contributed by atoms with E-state index in [1.165, 1.54) is 11.1 Å². The fraction of sp³-hybridized carbons (Fsp3) is 0.286. The van der Waals surface area contributed by atoms with E-state index in [-0.39, 0.29) is 6.04 Å². The zero-order valence-corrected chi connectivity index (χ0v) is 16.4. The Morgan fingerprint density at radius 1 is 1.12 bits per heavy atom. The first-order valence-electron chi connectivity index (χ1n) is 8.57. The maximum Gasteiger partial charge on any atom is 0.128 e. The van der Waals surface area contributed by atoms with Gasteiger partial charge in [-0.2, -0.15) is 0 Å². The Hall–Kier alpha value is -2.37. The topological polar surface area (TPSA) is 43.4 Å². The SMILES string of the molecule is COc1cccc(C(C)NCc2ccc(OC)c(-c3csc(C)n3)c2)c1. The van der Waals surface area contributed by atoms with Gasteiger partial charge in [0.1, 0.15) is 11.5 Å². The minimum Gasteiger partial charge on any atom is -0.497 e. The molecule has 0 radical (unpaired) electrons. The molecule has 0 saturated carbocycles. The molecule has 0 bridgehead atoms. The normalized spacial score (nSPS) is 12.0. The molecule has 1 atom stereocenters. The van der Waals surface area contributed by atoms with E-state index in [1.54, 1.807) is 25.6 Å². The standard InChI is InChI=1S/C21H24N2O2S/c1-14(17-6-5-7-18(11-17)24-3)22-12-16-8-9-21(25-4)19(10-16)20-13-26-15(2)23-20/h5-11,13-14,22H,12H2,1-4H3. The molecule has 5 heteroatoms. The van der Waals surface area contributed by atoms with Gasteiger partial charge in [0.2, 0.25) is 0 Å². The van der Waals surface area contributed by atoms with Crippen LogP contribution < -0.4 is 14.8 Å². The lowest BCUT2D eigenvalue weighted by Crippen LogP contribution is -2.18. The lowest BCUT2D eigenvalue weighted by Gasteiger charge is -2.16. The van der Waals surface area contributed by atoms with Crippen molar-refractivity contribution in [3.05, 3.63) is 64.0 Å². The van der Waals surface area contributed by atoms with Gasteiger partial charge < -0.3 is 14.8 Å². The van der Waals surface area contributed by atoms with E-state index in [2.05, 4.69) is 46.9 Å². The number of aryl methyl sites for hydroxylation is 1. The minimum atomic E-state index is 0.220. The molecule has 1 heterocycles. The van der Waals surface area contributed by atoms with Crippen LogP contribution in [0.3, 0.4) is 0 Å². The quantitative estimate of drug-likeness (QED) is 0.638. The van der Waals surface area contributed by atoms with Crippen LogP contribution in [0.25, 0.3) is 11.3 Å². The monoisotopic (exact) mass is 368 g/mol.